The summed E-state index contributed by atoms with van der Waals surface area (Å²) in [7, 11) is 0. The summed E-state index contributed by atoms with van der Waals surface area (Å²) in [4.78, 5) is 15.5. The van der Waals surface area contributed by atoms with Crippen LogP contribution in [-0.2, 0) is 0 Å². The number of carbonyl (C=O) groups is 1. The monoisotopic (exact) mass is 284 g/mol. The summed E-state index contributed by atoms with van der Waals surface area (Å²) in [5.74, 6) is -0.146. The lowest BCUT2D eigenvalue weighted by molar-refractivity contribution is 0.102. The molecule has 2 aromatic carbocycles. The van der Waals surface area contributed by atoms with Crippen molar-refractivity contribution in [3.8, 4) is 0 Å². The number of halogens is 1. The van der Waals surface area contributed by atoms with Crippen molar-refractivity contribution in [2.24, 2.45) is 0 Å². The van der Waals surface area contributed by atoms with Crippen LogP contribution in [0.1, 0.15) is 15.9 Å². The fourth-order valence-electron chi connectivity index (χ4n) is 2.18. The zero-order valence-corrected chi connectivity index (χ0v) is 11.7. The highest BCUT2D eigenvalue weighted by molar-refractivity contribution is 6.31. The van der Waals surface area contributed by atoms with Crippen LogP contribution in [-0.4, -0.2) is 10.9 Å². The SMILES string of the molecule is Cc1ccccc1NC(=O)c1c[nH]c2ccc(Cl)cc12. The van der Waals surface area contributed by atoms with Crippen LogP contribution in [0.3, 0.4) is 0 Å². The van der Waals surface area contributed by atoms with E-state index in [-0.39, 0.29) is 5.91 Å². The van der Waals surface area contributed by atoms with Gasteiger partial charge in [-0.25, -0.2) is 0 Å². The molecule has 0 radical (unpaired) electrons. The van der Waals surface area contributed by atoms with E-state index >= 15 is 0 Å². The minimum absolute atomic E-state index is 0.146. The first kappa shape index (κ1) is 12.8. The highest BCUT2D eigenvalue weighted by Gasteiger charge is 2.13. The molecule has 1 heterocycles. The van der Waals surface area contributed by atoms with E-state index < -0.39 is 0 Å². The number of para-hydroxylation sites is 1. The summed E-state index contributed by atoms with van der Waals surface area (Å²) in [6.45, 7) is 1.96. The fraction of sp³-hybridized carbons (Fsp3) is 0.0625. The molecule has 0 aliphatic rings. The van der Waals surface area contributed by atoms with Crippen LogP contribution in [0, 0.1) is 6.92 Å². The van der Waals surface area contributed by atoms with Crippen molar-refractivity contribution in [3.63, 3.8) is 0 Å². The number of aromatic nitrogens is 1. The number of hydrogen-bond donors (Lipinski definition) is 2. The van der Waals surface area contributed by atoms with E-state index in [0.29, 0.717) is 10.6 Å². The Hall–Kier alpha value is -2.26. The Morgan fingerprint density at radius 2 is 2.00 bits per heavy atom. The Morgan fingerprint density at radius 3 is 2.80 bits per heavy atom. The van der Waals surface area contributed by atoms with Crippen LogP contribution >= 0.6 is 11.6 Å². The number of nitrogens with one attached hydrogen (secondary N) is 2. The second-order valence-electron chi connectivity index (χ2n) is 4.66. The first-order valence-corrected chi connectivity index (χ1v) is 6.66. The molecule has 2 N–H and O–H groups in total. The number of anilines is 1. The van der Waals surface area contributed by atoms with Crippen LogP contribution in [0.4, 0.5) is 5.69 Å². The second-order valence-corrected chi connectivity index (χ2v) is 5.10. The Bertz CT molecular complexity index is 792. The number of aromatic amines is 1. The molecule has 0 unspecified atom stereocenters. The first-order chi connectivity index (χ1) is 9.65. The van der Waals surface area contributed by atoms with Crippen LogP contribution in [0.25, 0.3) is 10.9 Å². The number of benzene rings is 2. The van der Waals surface area contributed by atoms with Crippen molar-refractivity contribution in [2.75, 3.05) is 5.32 Å². The Morgan fingerprint density at radius 1 is 1.20 bits per heavy atom. The minimum atomic E-state index is -0.146. The summed E-state index contributed by atoms with van der Waals surface area (Å²) < 4.78 is 0. The molecule has 4 heteroatoms. The van der Waals surface area contributed by atoms with Gasteiger partial charge in [-0.1, -0.05) is 29.8 Å². The van der Waals surface area contributed by atoms with Crippen molar-refractivity contribution >= 4 is 34.1 Å². The summed E-state index contributed by atoms with van der Waals surface area (Å²) in [6.07, 6.45) is 1.70. The predicted molar refractivity (Wildman–Crippen MR) is 82.4 cm³/mol. The van der Waals surface area contributed by atoms with E-state index in [4.69, 9.17) is 11.6 Å². The van der Waals surface area contributed by atoms with Crippen molar-refractivity contribution in [2.45, 2.75) is 6.92 Å². The Balaban J connectivity index is 1.97. The standard InChI is InChI=1S/C16H13ClN2O/c1-10-4-2-3-5-14(10)19-16(20)13-9-18-15-7-6-11(17)8-12(13)15/h2-9,18H,1H3,(H,19,20). The van der Waals surface area contributed by atoms with Crippen molar-refractivity contribution in [3.05, 3.63) is 64.8 Å². The number of amides is 1. The van der Waals surface area contributed by atoms with E-state index in [2.05, 4.69) is 10.3 Å². The van der Waals surface area contributed by atoms with E-state index in [1.807, 2.05) is 37.3 Å². The topological polar surface area (TPSA) is 44.9 Å². The molecule has 0 saturated heterocycles. The minimum Gasteiger partial charge on any atom is -0.360 e. The lowest BCUT2D eigenvalue weighted by Gasteiger charge is -2.07. The van der Waals surface area contributed by atoms with Gasteiger partial charge in [0.1, 0.15) is 0 Å². The van der Waals surface area contributed by atoms with E-state index in [9.17, 15) is 4.79 Å². The molecule has 3 aromatic rings. The zero-order chi connectivity index (χ0) is 14.1. The first-order valence-electron chi connectivity index (χ1n) is 6.29. The maximum Gasteiger partial charge on any atom is 0.257 e. The fourth-order valence-corrected chi connectivity index (χ4v) is 2.36. The van der Waals surface area contributed by atoms with Gasteiger partial charge in [-0.2, -0.15) is 0 Å². The van der Waals surface area contributed by atoms with Crippen LogP contribution < -0.4 is 5.32 Å². The van der Waals surface area contributed by atoms with Gasteiger partial charge in [0.2, 0.25) is 0 Å². The van der Waals surface area contributed by atoms with Crippen molar-refractivity contribution in [1.29, 1.82) is 0 Å². The van der Waals surface area contributed by atoms with Crippen LogP contribution in [0.2, 0.25) is 5.02 Å². The molecular weight excluding hydrogens is 272 g/mol. The average molecular weight is 285 g/mol. The number of hydrogen-bond acceptors (Lipinski definition) is 1. The maximum absolute atomic E-state index is 12.4. The molecule has 1 amide bonds. The largest absolute Gasteiger partial charge is 0.360 e. The van der Waals surface area contributed by atoms with E-state index in [0.717, 1.165) is 22.2 Å². The number of carbonyl (C=O) groups excluding carboxylic acids is 1. The lowest BCUT2D eigenvalue weighted by Crippen LogP contribution is -2.12. The highest BCUT2D eigenvalue weighted by Crippen LogP contribution is 2.23. The molecule has 20 heavy (non-hydrogen) atoms. The third-order valence-corrected chi connectivity index (χ3v) is 3.52. The molecule has 0 aliphatic heterocycles. The van der Waals surface area contributed by atoms with Crippen LogP contribution in [0.5, 0.6) is 0 Å². The van der Waals surface area contributed by atoms with Crippen molar-refractivity contribution in [1.82, 2.24) is 4.98 Å². The Kier molecular flexibility index (Phi) is 3.20. The lowest BCUT2D eigenvalue weighted by atomic mass is 10.1. The van der Waals surface area contributed by atoms with Crippen LogP contribution in [0.15, 0.2) is 48.7 Å². The van der Waals surface area contributed by atoms with Gasteiger partial charge in [-0.15, -0.1) is 0 Å². The van der Waals surface area contributed by atoms with Gasteiger partial charge in [0.25, 0.3) is 5.91 Å². The van der Waals surface area contributed by atoms with Gasteiger partial charge in [-0.05, 0) is 36.8 Å². The number of H-pyrrole nitrogens is 1. The highest BCUT2D eigenvalue weighted by atomic mass is 35.5. The summed E-state index contributed by atoms with van der Waals surface area (Å²) in [5, 5.41) is 4.36. The molecule has 0 fully saturated rings. The molecule has 100 valence electrons. The van der Waals surface area contributed by atoms with Gasteiger partial charge in [0.15, 0.2) is 0 Å². The summed E-state index contributed by atoms with van der Waals surface area (Å²) in [6, 6.07) is 13.1. The molecule has 0 saturated carbocycles. The quantitative estimate of drug-likeness (QED) is 0.720. The third-order valence-electron chi connectivity index (χ3n) is 3.28. The Labute approximate surface area is 121 Å². The smallest absolute Gasteiger partial charge is 0.257 e. The molecular formula is C16H13ClN2O. The average Bonchev–Trinajstić information content (AvgIpc) is 2.84. The maximum atomic E-state index is 12.4. The second kappa shape index (κ2) is 5.02. The summed E-state index contributed by atoms with van der Waals surface area (Å²) in [5.41, 5.74) is 3.32. The summed E-state index contributed by atoms with van der Waals surface area (Å²) >= 11 is 5.99. The molecule has 0 bridgehead atoms. The molecule has 0 spiro atoms. The van der Waals surface area contributed by atoms with Gasteiger partial charge < -0.3 is 10.3 Å². The van der Waals surface area contributed by atoms with E-state index in [1.54, 1.807) is 18.3 Å². The molecule has 0 aliphatic carbocycles. The molecule has 3 nitrogen and oxygen atoms in total. The van der Waals surface area contributed by atoms with Gasteiger partial charge in [-0.3, -0.25) is 4.79 Å². The van der Waals surface area contributed by atoms with Gasteiger partial charge in [0, 0.05) is 27.8 Å². The number of aryl methyl sites for hydroxylation is 1. The van der Waals surface area contributed by atoms with Gasteiger partial charge in [0.05, 0.1) is 5.56 Å². The number of rotatable bonds is 2. The van der Waals surface area contributed by atoms with Crippen molar-refractivity contribution < 1.29 is 4.79 Å². The molecule has 0 atom stereocenters. The normalized spacial score (nSPS) is 10.7. The van der Waals surface area contributed by atoms with E-state index in [1.165, 1.54) is 0 Å². The molecule has 3 rings (SSSR count). The predicted octanol–water partition coefficient (Wildman–Crippen LogP) is 4.38. The van der Waals surface area contributed by atoms with Gasteiger partial charge >= 0.3 is 0 Å². The molecule has 1 aromatic heterocycles. The number of fused-ring (bicyclic) bond motifs is 1. The third kappa shape index (κ3) is 2.28. The zero-order valence-electron chi connectivity index (χ0n) is 10.9.